The first-order valence-corrected chi connectivity index (χ1v) is 7.57. The maximum absolute atomic E-state index is 13.3. The lowest BCUT2D eigenvalue weighted by atomic mass is 10.0. The second-order valence-electron chi connectivity index (χ2n) is 5.90. The highest BCUT2D eigenvalue weighted by Crippen LogP contribution is 2.15. The molecular weight excluding hydrogens is 315 g/mol. The van der Waals surface area contributed by atoms with Crippen LogP contribution in [-0.4, -0.2) is 24.9 Å². The molecule has 0 aliphatic rings. The normalized spacial score (nSPS) is 12.2. The van der Waals surface area contributed by atoms with E-state index in [1.807, 2.05) is 13.8 Å². The van der Waals surface area contributed by atoms with Gasteiger partial charge in [0, 0.05) is 12.4 Å². The minimum Gasteiger partial charge on any atom is -0.422 e. The van der Waals surface area contributed by atoms with Crippen LogP contribution >= 0.6 is 0 Å². The third-order valence-corrected chi connectivity index (χ3v) is 3.51. The van der Waals surface area contributed by atoms with E-state index in [2.05, 4.69) is 10.6 Å². The average Bonchev–Trinajstić information content (AvgIpc) is 2.52. The van der Waals surface area contributed by atoms with E-state index in [9.17, 15) is 18.8 Å². The number of carbonyl (C=O) groups excluding carboxylic acids is 2. The Bertz CT molecular complexity index is 829. The molecule has 0 aliphatic heterocycles. The smallest absolute Gasteiger partial charge is 0.349 e. The Kier molecular flexibility index (Phi) is 5.33. The number of likely N-dealkylation sites (N-methyl/N-ethyl adjacent to an activating group) is 1. The predicted octanol–water partition coefficient (Wildman–Crippen LogP) is 1.82. The van der Waals surface area contributed by atoms with Gasteiger partial charge < -0.3 is 15.1 Å². The minimum absolute atomic E-state index is 0.162. The predicted molar refractivity (Wildman–Crippen MR) is 87.2 cm³/mol. The van der Waals surface area contributed by atoms with Crippen molar-refractivity contribution < 1.29 is 18.4 Å². The van der Waals surface area contributed by atoms with Gasteiger partial charge in [-0.3, -0.25) is 9.59 Å². The quantitative estimate of drug-likeness (QED) is 0.817. The standard InChI is InChI=1S/C17H19FN2O4/c1-9(2)6-13(16(22)19-3)20-15(21)12-8-10-7-11(18)4-5-14(10)24-17(12)23/h4-5,7-9,13H,6H2,1-3H3,(H,19,22)(H,20,21). The highest BCUT2D eigenvalue weighted by Gasteiger charge is 2.23. The molecule has 2 aromatic rings. The monoisotopic (exact) mass is 334 g/mol. The summed E-state index contributed by atoms with van der Waals surface area (Å²) >= 11 is 0. The van der Waals surface area contributed by atoms with E-state index in [1.165, 1.54) is 25.2 Å². The Morgan fingerprint density at radius 2 is 1.96 bits per heavy atom. The highest BCUT2D eigenvalue weighted by atomic mass is 19.1. The van der Waals surface area contributed by atoms with Crippen molar-refractivity contribution in [1.82, 2.24) is 10.6 Å². The van der Waals surface area contributed by atoms with Gasteiger partial charge in [-0.15, -0.1) is 0 Å². The zero-order valence-electron chi connectivity index (χ0n) is 13.7. The zero-order valence-corrected chi connectivity index (χ0v) is 13.7. The molecule has 7 heteroatoms. The van der Waals surface area contributed by atoms with Crippen LogP contribution in [0.3, 0.4) is 0 Å². The molecule has 0 saturated heterocycles. The Morgan fingerprint density at radius 1 is 1.25 bits per heavy atom. The molecule has 1 aromatic carbocycles. The number of halogens is 1. The van der Waals surface area contributed by atoms with Gasteiger partial charge >= 0.3 is 5.63 Å². The van der Waals surface area contributed by atoms with Gasteiger partial charge in [0.05, 0.1) is 0 Å². The van der Waals surface area contributed by atoms with Gasteiger partial charge in [0.15, 0.2) is 0 Å². The van der Waals surface area contributed by atoms with Crippen LogP contribution in [0.5, 0.6) is 0 Å². The number of nitrogens with one attached hydrogen (secondary N) is 2. The van der Waals surface area contributed by atoms with Crippen molar-refractivity contribution in [2.24, 2.45) is 5.92 Å². The molecule has 0 saturated carbocycles. The molecule has 1 atom stereocenters. The first-order chi connectivity index (χ1) is 11.3. The molecule has 0 radical (unpaired) electrons. The summed E-state index contributed by atoms with van der Waals surface area (Å²) < 4.78 is 18.3. The highest BCUT2D eigenvalue weighted by molar-refractivity contribution is 5.99. The number of fused-ring (bicyclic) bond motifs is 1. The van der Waals surface area contributed by atoms with E-state index >= 15 is 0 Å². The fourth-order valence-corrected chi connectivity index (χ4v) is 2.37. The van der Waals surface area contributed by atoms with Crippen molar-refractivity contribution in [2.75, 3.05) is 7.05 Å². The van der Waals surface area contributed by atoms with E-state index in [0.717, 1.165) is 6.07 Å². The third-order valence-electron chi connectivity index (χ3n) is 3.51. The first kappa shape index (κ1) is 17.7. The first-order valence-electron chi connectivity index (χ1n) is 7.57. The molecule has 0 spiro atoms. The largest absolute Gasteiger partial charge is 0.422 e. The summed E-state index contributed by atoms with van der Waals surface area (Å²) in [4.78, 5) is 36.2. The lowest BCUT2D eigenvalue weighted by Gasteiger charge is -2.18. The second-order valence-corrected chi connectivity index (χ2v) is 5.90. The summed E-state index contributed by atoms with van der Waals surface area (Å²) in [5.74, 6) is -1.43. The van der Waals surface area contributed by atoms with Crippen molar-refractivity contribution in [1.29, 1.82) is 0 Å². The second kappa shape index (κ2) is 7.25. The maximum Gasteiger partial charge on any atom is 0.349 e. The van der Waals surface area contributed by atoms with Gasteiger partial charge in [0.25, 0.3) is 5.91 Å². The van der Waals surface area contributed by atoms with Crippen molar-refractivity contribution in [3.05, 3.63) is 46.1 Å². The van der Waals surface area contributed by atoms with Crippen LogP contribution in [0.25, 0.3) is 11.0 Å². The molecule has 0 fully saturated rings. The molecule has 0 bridgehead atoms. The summed E-state index contributed by atoms with van der Waals surface area (Å²) in [6.07, 6.45) is 0.416. The summed E-state index contributed by atoms with van der Waals surface area (Å²) in [5, 5.41) is 5.30. The van der Waals surface area contributed by atoms with E-state index in [0.29, 0.717) is 11.8 Å². The number of amides is 2. The van der Waals surface area contributed by atoms with Gasteiger partial charge in [-0.25, -0.2) is 9.18 Å². The third kappa shape index (κ3) is 3.98. The van der Waals surface area contributed by atoms with Gasteiger partial charge in [0.1, 0.15) is 23.0 Å². The molecule has 1 heterocycles. The lowest BCUT2D eigenvalue weighted by molar-refractivity contribution is -0.122. The summed E-state index contributed by atoms with van der Waals surface area (Å²) in [5.41, 5.74) is -0.930. The Hall–Kier alpha value is -2.70. The lowest BCUT2D eigenvalue weighted by Crippen LogP contribution is -2.47. The van der Waals surface area contributed by atoms with Crippen molar-refractivity contribution >= 4 is 22.8 Å². The molecular formula is C17H19FN2O4. The molecule has 2 rings (SSSR count). The number of carbonyl (C=O) groups is 2. The number of benzene rings is 1. The molecule has 24 heavy (non-hydrogen) atoms. The van der Waals surface area contributed by atoms with Crippen molar-refractivity contribution in [3.63, 3.8) is 0 Å². The van der Waals surface area contributed by atoms with Gasteiger partial charge in [0.2, 0.25) is 5.91 Å². The van der Waals surface area contributed by atoms with Crippen LogP contribution in [0.2, 0.25) is 0 Å². The van der Waals surface area contributed by atoms with Gasteiger partial charge in [-0.1, -0.05) is 13.8 Å². The summed E-state index contributed by atoms with van der Waals surface area (Å²) in [7, 11) is 1.47. The Balaban J connectivity index is 2.34. The number of hydrogen-bond acceptors (Lipinski definition) is 4. The molecule has 128 valence electrons. The fourth-order valence-electron chi connectivity index (χ4n) is 2.37. The Labute approximate surface area is 138 Å². The number of hydrogen-bond donors (Lipinski definition) is 2. The van der Waals surface area contributed by atoms with E-state index in [1.54, 1.807) is 0 Å². The van der Waals surface area contributed by atoms with Crippen LogP contribution in [-0.2, 0) is 4.79 Å². The van der Waals surface area contributed by atoms with E-state index < -0.39 is 23.4 Å². The topological polar surface area (TPSA) is 88.4 Å². The summed E-state index contributed by atoms with van der Waals surface area (Å²) in [6, 6.07) is 4.13. The molecule has 2 N–H and O–H groups in total. The SMILES string of the molecule is CNC(=O)C(CC(C)C)NC(=O)c1cc2cc(F)ccc2oc1=O. The van der Waals surface area contributed by atoms with Gasteiger partial charge in [-0.2, -0.15) is 0 Å². The van der Waals surface area contributed by atoms with E-state index in [-0.39, 0.29) is 23.0 Å². The summed E-state index contributed by atoms with van der Waals surface area (Å²) in [6.45, 7) is 3.82. The molecule has 1 unspecified atom stereocenters. The van der Waals surface area contributed by atoms with Crippen molar-refractivity contribution in [3.8, 4) is 0 Å². The minimum atomic E-state index is -0.841. The Morgan fingerprint density at radius 3 is 2.58 bits per heavy atom. The fraction of sp³-hybridized carbons (Fsp3) is 0.353. The van der Waals surface area contributed by atoms with Crippen LogP contribution in [0.1, 0.15) is 30.6 Å². The van der Waals surface area contributed by atoms with Crippen LogP contribution in [0, 0.1) is 11.7 Å². The van der Waals surface area contributed by atoms with Crippen LogP contribution in [0.15, 0.2) is 33.5 Å². The molecule has 1 aromatic heterocycles. The van der Waals surface area contributed by atoms with Gasteiger partial charge in [-0.05, 0) is 36.6 Å². The maximum atomic E-state index is 13.3. The van der Waals surface area contributed by atoms with E-state index in [4.69, 9.17) is 4.42 Å². The average molecular weight is 334 g/mol. The molecule has 2 amide bonds. The molecule has 0 aliphatic carbocycles. The van der Waals surface area contributed by atoms with Crippen LogP contribution < -0.4 is 16.3 Å². The zero-order chi connectivity index (χ0) is 17.9. The van der Waals surface area contributed by atoms with Crippen LogP contribution in [0.4, 0.5) is 4.39 Å². The number of rotatable bonds is 5. The molecule has 6 nitrogen and oxygen atoms in total. The van der Waals surface area contributed by atoms with Crippen molar-refractivity contribution in [2.45, 2.75) is 26.3 Å².